The van der Waals surface area contributed by atoms with Crippen molar-refractivity contribution in [2.75, 3.05) is 10.6 Å². The Balaban J connectivity index is 1.95. The SMILES string of the molecule is C[C@H](Nc1cc(C(C)(C)C)cc(C(C)(C)C)c1S)c1cccc([C@H](C)Nc2cc(C(C)(C)C)cc(C(C)(C)C)c2S)n1. The van der Waals surface area contributed by atoms with Gasteiger partial charge in [-0.05, 0) is 82.0 Å². The summed E-state index contributed by atoms with van der Waals surface area (Å²) in [6.07, 6.45) is 0. The first-order valence-corrected chi connectivity index (χ1v) is 16.2. The van der Waals surface area contributed by atoms with E-state index in [1.807, 2.05) is 0 Å². The number of hydrogen-bond acceptors (Lipinski definition) is 5. The molecule has 0 saturated heterocycles. The quantitative estimate of drug-likeness (QED) is 0.211. The van der Waals surface area contributed by atoms with Gasteiger partial charge in [0, 0.05) is 21.2 Å². The molecule has 0 spiro atoms. The van der Waals surface area contributed by atoms with Gasteiger partial charge < -0.3 is 10.6 Å². The van der Waals surface area contributed by atoms with Gasteiger partial charge in [0.05, 0.1) is 23.5 Å². The molecule has 0 unspecified atom stereocenters. The topological polar surface area (TPSA) is 37.0 Å². The Labute approximate surface area is 267 Å². The minimum absolute atomic E-state index is 0.00300. The van der Waals surface area contributed by atoms with Crippen molar-refractivity contribution in [2.45, 2.75) is 140 Å². The summed E-state index contributed by atoms with van der Waals surface area (Å²) < 4.78 is 0. The first-order valence-electron chi connectivity index (χ1n) is 15.3. The fraction of sp³-hybridized carbons (Fsp3) is 0.541. The molecule has 0 amide bonds. The maximum atomic E-state index is 5.13. The maximum Gasteiger partial charge on any atom is 0.0657 e. The third-order valence-corrected chi connectivity index (χ3v) is 8.96. The van der Waals surface area contributed by atoms with Crippen LogP contribution < -0.4 is 10.6 Å². The number of thiol groups is 2. The number of nitrogens with one attached hydrogen (secondary N) is 2. The predicted molar refractivity (Wildman–Crippen MR) is 191 cm³/mol. The number of benzene rings is 2. The van der Waals surface area contributed by atoms with Gasteiger partial charge in [0.15, 0.2) is 0 Å². The minimum Gasteiger partial charge on any atom is -0.376 e. The van der Waals surface area contributed by atoms with Gasteiger partial charge in [0.1, 0.15) is 0 Å². The van der Waals surface area contributed by atoms with Crippen molar-refractivity contribution in [1.29, 1.82) is 0 Å². The smallest absolute Gasteiger partial charge is 0.0657 e. The molecule has 1 aromatic heterocycles. The molecule has 2 atom stereocenters. The third kappa shape index (κ3) is 8.08. The zero-order valence-electron chi connectivity index (χ0n) is 28.5. The molecule has 0 aliphatic carbocycles. The van der Waals surface area contributed by atoms with Crippen LogP contribution in [0.5, 0.6) is 0 Å². The monoisotopic (exact) mass is 605 g/mol. The highest BCUT2D eigenvalue weighted by atomic mass is 32.1. The van der Waals surface area contributed by atoms with E-state index in [-0.39, 0.29) is 33.7 Å². The second-order valence-electron chi connectivity index (χ2n) is 16.1. The van der Waals surface area contributed by atoms with Gasteiger partial charge in [-0.15, -0.1) is 25.3 Å². The van der Waals surface area contributed by atoms with Crippen molar-refractivity contribution in [2.24, 2.45) is 0 Å². The minimum atomic E-state index is -0.0136. The van der Waals surface area contributed by atoms with Gasteiger partial charge in [-0.2, -0.15) is 0 Å². The van der Waals surface area contributed by atoms with Crippen molar-refractivity contribution in [1.82, 2.24) is 4.98 Å². The standard InChI is InChI=1S/C37H55N3S2/c1-22(38-30-20-24(34(3,4)5)18-26(32(30)41)36(9,10)11)28-16-15-17-29(40-28)23(2)39-31-21-25(35(6,7)8)19-27(33(31)42)37(12,13)14/h15-23,38-39,41-42H,1-14H3/t22-,23-/m0/s1. The first kappa shape index (κ1) is 34.4. The van der Waals surface area contributed by atoms with Crippen LogP contribution in [0.4, 0.5) is 11.4 Å². The van der Waals surface area contributed by atoms with Gasteiger partial charge in [0.25, 0.3) is 0 Å². The second-order valence-corrected chi connectivity index (χ2v) is 17.0. The lowest BCUT2D eigenvalue weighted by atomic mass is 9.80. The zero-order chi connectivity index (χ0) is 32.0. The maximum absolute atomic E-state index is 5.13. The van der Waals surface area contributed by atoms with Gasteiger partial charge in [-0.3, -0.25) is 4.98 Å². The van der Waals surface area contributed by atoms with Crippen LogP contribution in [0.3, 0.4) is 0 Å². The van der Waals surface area contributed by atoms with E-state index in [1.54, 1.807) is 0 Å². The summed E-state index contributed by atoms with van der Waals surface area (Å²) in [5.74, 6) is 0. The summed E-state index contributed by atoms with van der Waals surface area (Å²) in [6.45, 7) is 31.4. The lowest BCUT2D eigenvalue weighted by molar-refractivity contribution is 0.559. The van der Waals surface area contributed by atoms with Crippen LogP contribution in [0.15, 0.2) is 52.3 Å². The van der Waals surface area contributed by atoms with E-state index in [1.165, 1.54) is 22.3 Å². The Kier molecular flexibility index (Phi) is 9.92. The highest BCUT2D eigenvalue weighted by Crippen LogP contribution is 2.40. The molecule has 2 aromatic carbocycles. The number of aromatic nitrogens is 1. The lowest BCUT2D eigenvalue weighted by Crippen LogP contribution is -2.20. The van der Waals surface area contributed by atoms with E-state index in [4.69, 9.17) is 30.2 Å². The Morgan fingerprint density at radius 3 is 1.17 bits per heavy atom. The van der Waals surface area contributed by atoms with Crippen LogP contribution in [0, 0.1) is 0 Å². The molecular formula is C37H55N3S2. The van der Waals surface area contributed by atoms with Crippen LogP contribution in [0.2, 0.25) is 0 Å². The van der Waals surface area contributed by atoms with Crippen LogP contribution in [0.25, 0.3) is 0 Å². The summed E-state index contributed by atoms with van der Waals surface area (Å²) in [5, 5.41) is 7.51. The van der Waals surface area contributed by atoms with E-state index < -0.39 is 0 Å². The molecular weight excluding hydrogens is 551 g/mol. The molecule has 5 heteroatoms. The van der Waals surface area contributed by atoms with Gasteiger partial charge in [-0.25, -0.2) is 0 Å². The van der Waals surface area contributed by atoms with Crippen LogP contribution >= 0.6 is 25.3 Å². The van der Waals surface area contributed by atoms with Crippen LogP contribution in [-0.4, -0.2) is 4.98 Å². The normalized spacial score (nSPS) is 14.5. The number of hydrogen-bond donors (Lipinski definition) is 4. The van der Waals surface area contributed by atoms with Crippen molar-refractivity contribution < 1.29 is 0 Å². The largest absolute Gasteiger partial charge is 0.376 e. The summed E-state index contributed by atoms with van der Waals surface area (Å²) >= 11 is 10.0. The van der Waals surface area contributed by atoms with E-state index in [0.717, 1.165) is 32.6 Å². The van der Waals surface area contributed by atoms with Crippen molar-refractivity contribution in [3.63, 3.8) is 0 Å². The number of nitrogens with zero attached hydrogens (tertiary/aromatic N) is 1. The predicted octanol–water partition coefficient (Wildman–Crippen LogP) is 11.2. The second kappa shape index (κ2) is 12.1. The molecule has 0 radical (unpaired) electrons. The van der Waals surface area contributed by atoms with E-state index >= 15 is 0 Å². The van der Waals surface area contributed by atoms with Crippen LogP contribution in [0.1, 0.15) is 143 Å². The van der Waals surface area contributed by atoms with Gasteiger partial charge in [0.2, 0.25) is 0 Å². The van der Waals surface area contributed by atoms with Crippen molar-refractivity contribution in [3.05, 3.63) is 76.1 Å². The molecule has 3 rings (SSSR count). The molecule has 0 fully saturated rings. The summed E-state index contributed by atoms with van der Waals surface area (Å²) in [6, 6.07) is 15.5. The molecule has 0 aliphatic rings. The average Bonchev–Trinajstić information content (AvgIpc) is 2.83. The van der Waals surface area contributed by atoms with Crippen molar-refractivity contribution in [3.8, 4) is 0 Å². The zero-order valence-corrected chi connectivity index (χ0v) is 30.3. The molecule has 2 N–H and O–H groups in total. The Bertz CT molecular complexity index is 1310. The molecule has 230 valence electrons. The molecule has 3 nitrogen and oxygen atoms in total. The molecule has 3 aromatic rings. The molecule has 42 heavy (non-hydrogen) atoms. The fourth-order valence-electron chi connectivity index (χ4n) is 5.06. The molecule has 0 saturated carbocycles. The Hall–Kier alpha value is -2.11. The van der Waals surface area contributed by atoms with Crippen molar-refractivity contribution >= 4 is 36.6 Å². The van der Waals surface area contributed by atoms with E-state index in [2.05, 4.69) is 150 Å². The number of pyridine rings is 1. The van der Waals surface area contributed by atoms with E-state index in [9.17, 15) is 0 Å². The van der Waals surface area contributed by atoms with Gasteiger partial charge >= 0.3 is 0 Å². The average molecular weight is 606 g/mol. The number of anilines is 2. The Morgan fingerprint density at radius 1 is 0.548 bits per heavy atom. The highest BCUT2D eigenvalue weighted by Gasteiger charge is 2.26. The number of rotatable bonds is 6. The third-order valence-electron chi connectivity index (χ3n) is 7.99. The molecule has 0 aliphatic heterocycles. The molecule has 1 heterocycles. The van der Waals surface area contributed by atoms with Gasteiger partial charge in [-0.1, -0.05) is 101 Å². The fourth-order valence-corrected chi connectivity index (χ4v) is 6.12. The first-order chi connectivity index (χ1) is 19.0. The van der Waals surface area contributed by atoms with Crippen LogP contribution in [-0.2, 0) is 21.7 Å². The summed E-state index contributed by atoms with van der Waals surface area (Å²) in [4.78, 5) is 7.14. The highest BCUT2D eigenvalue weighted by molar-refractivity contribution is 7.80. The summed E-state index contributed by atoms with van der Waals surface area (Å²) in [7, 11) is 0. The molecule has 0 bridgehead atoms. The Morgan fingerprint density at radius 2 is 0.881 bits per heavy atom. The summed E-state index contributed by atoms with van der Waals surface area (Å²) in [5.41, 5.74) is 9.24. The van der Waals surface area contributed by atoms with E-state index in [0.29, 0.717) is 0 Å². The lowest BCUT2D eigenvalue weighted by Gasteiger charge is -2.30.